The standard InChI is InChI=1S/C26H30ClN3O3/c1-18(2)33-17-16-30-25(31)23(19-6-8-20(27)9-7-19)24(26(30)32)28-21-10-12-22(13-11-21)29-14-4-3-5-15-29/h6-13,18,28H,3-5,14-17H2,1-2H3. The number of nitrogens with zero attached hydrogens (tertiary/aromatic N) is 2. The molecule has 33 heavy (non-hydrogen) atoms. The second-order valence-corrected chi connectivity index (χ2v) is 9.09. The predicted molar refractivity (Wildman–Crippen MR) is 132 cm³/mol. The third-order valence-corrected chi connectivity index (χ3v) is 6.18. The molecule has 2 aromatic carbocycles. The largest absolute Gasteiger partial charge is 0.377 e. The van der Waals surface area contributed by atoms with Crippen LogP contribution in [0.5, 0.6) is 0 Å². The Morgan fingerprint density at radius 1 is 0.939 bits per heavy atom. The summed E-state index contributed by atoms with van der Waals surface area (Å²) in [6.45, 7) is 6.47. The average molecular weight is 468 g/mol. The number of hydrogen-bond acceptors (Lipinski definition) is 5. The van der Waals surface area contributed by atoms with Gasteiger partial charge in [0.1, 0.15) is 5.70 Å². The van der Waals surface area contributed by atoms with Crippen LogP contribution in [0.4, 0.5) is 11.4 Å². The second-order valence-electron chi connectivity index (χ2n) is 8.66. The Kier molecular flexibility index (Phi) is 7.36. The number of halogens is 1. The van der Waals surface area contributed by atoms with E-state index in [4.69, 9.17) is 16.3 Å². The molecule has 2 aromatic rings. The zero-order valence-electron chi connectivity index (χ0n) is 19.1. The number of benzene rings is 2. The molecule has 0 spiro atoms. The molecule has 1 N–H and O–H groups in total. The van der Waals surface area contributed by atoms with E-state index in [2.05, 4.69) is 22.3 Å². The van der Waals surface area contributed by atoms with Crippen molar-refractivity contribution in [2.24, 2.45) is 0 Å². The Bertz CT molecular complexity index is 1030. The first-order valence-electron chi connectivity index (χ1n) is 11.5. The van der Waals surface area contributed by atoms with Crippen LogP contribution in [-0.2, 0) is 14.3 Å². The number of carbonyl (C=O) groups excluding carboxylic acids is 2. The van der Waals surface area contributed by atoms with Crippen molar-refractivity contribution in [1.29, 1.82) is 0 Å². The van der Waals surface area contributed by atoms with E-state index in [-0.39, 0.29) is 30.2 Å². The summed E-state index contributed by atoms with van der Waals surface area (Å²) in [5, 5.41) is 3.79. The van der Waals surface area contributed by atoms with Crippen molar-refractivity contribution in [3.63, 3.8) is 0 Å². The number of ether oxygens (including phenoxy) is 1. The minimum atomic E-state index is -0.350. The molecule has 2 heterocycles. The highest BCUT2D eigenvalue weighted by atomic mass is 35.5. The smallest absolute Gasteiger partial charge is 0.278 e. The van der Waals surface area contributed by atoms with Gasteiger partial charge < -0.3 is 15.0 Å². The van der Waals surface area contributed by atoms with E-state index in [1.54, 1.807) is 24.3 Å². The molecule has 2 aliphatic heterocycles. The molecule has 1 fully saturated rings. The van der Waals surface area contributed by atoms with Gasteiger partial charge in [0.15, 0.2) is 0 Å². The fourth-order valence-corrected chi connectivity index (χ4v) is 4.34. The van der Waals surface area contributed by atoms with E-state index >= 15 is 0 Å². The lowest BCUT2D eigenvalue weighted by Crippen LogP contribution is -2.35. The summed E-state index contributed by atoms with van der Waals surface area (Å²) in [5.74, 6) is -0.681. The van der Waals surface area contributed by atoms with Gasteiger partial charge in [0, 0.05) is 29.5 Å². The van der Waals surface area contributed by atoms with Crippen molar-refractivity contribution in [1.82, 2.24) is 4.90 Å². The number of hydrogen-bond donors (Lipinski definition) is 1. The molecule has 2 amide bonds. The fourth-order valence-electron chi connectivity index (χ4n) is 4.21. The van der Waals surface area contributed by atoms with Crippen LogP contribution in [0.1, 0.15) is 38.7 Å². The van der Waals surface area contributed by atoms with Gasteiger partial charge in [0.05, 0.1) is 24.8 Å². The Morgan fingerprint density at radius 2 is 1.61 bits per heavy atom. The normalized spacial score (nSPS) is 16.8. The third-order valence-electron chi connectivity index (χ3n) is 5.92. The fraction of sp³-hybridized carbons (Fsp3) is 0.385. The van der Waals surface area contributed by atoms with Gasteiger partial charge in [-0.15, -0.1) is 0 Å². The quantitative estimate of drug-likeness (QED) is 0.557. The highest BCUT2D eigenvalue weighted by Gasteiger charge is 2.39. The third kappa shape index (κ3) is 5.40. The summed E-state index contributed by atoms with van der Waals surface area (Å²) in [5.41, 5.74) is 3.21. The summed E-state index contributed by atoms with van der Waals surface area (Å²) < 4.78 is 5.57. The van der Waals surface area contributed by atoms with Gasteiger partial charge in [0.25, 0.3) is 11.8 Å². The van der Waals surface area contributed by atoms with Crippen molar-refractivity contribution in [3.05, 3.63) is 64.8 Å². The summed E-state index contributed by atoms with van der Waals surface area (Å²) in [6, 6.07) is 15.0. The molecule has 2 aliphatic rings. The summed E-state index contributed by atoms with van der Waals surface area (Å²) in [6.07, 6.45) is 3.74. The molecule has 174 valence electrons. The number of carbonyl (C=O) groups is 2. The maximum Gasteiger partial charge on any atom is 0.278 e. The SMILES string of the molecule is CC(C)OCCN1C(=O)C(Nc2ccc(N3CCCCC3)cc2)=C(c2ccc(Cl)cc2)C1=O. The number of anilines is 2. The van der Waals surface area contributed by atoms with Crippen LogP contribution in [0.3, 0.4) is 0 Å². The highest BCUT2D eigenvalue weighted by molar-refractivity contribution is 6.36. The monoisotopic (exact) mass is 467 g/mol. The molecule has 0 atom stereocenters. The Hall–Kier alpha value is -2.83. The zero-order valence-corrected chi connectivity index (χ0v) is 19.9. The Balaban J connectivity index is 1.59. The number of amides is 2. The number of imide groups is 1. The van der Waals surface area contributed by atoms with Crippen LogP contribution < -0.4 is 10.2 Å². The van der Waals surface area contributed by atoms with Crippen molar-refractivity contribution >= 4 is 40.4 Å². The molecule has 6 nitrogen and oxygen atoms in total. The molecule has 0 aliphatic carbocycles. The Morgan fingerprint density at radius 3 is 2.24 bits per heavy atom. The predicted octanol–water partition coefficient (Wildman–Crippen LogP) is 4.95. The van der Waals surface area contributed by atoms with Gasteiger partial charge in [-0.3, -0.25) is 14.5 Å². The molecule has 0 saturated carbocycles. The van der Waals surface area contributed by atoms with Crippen LogP contribution in [0.15, 0.2) is 54.2 Å². The first kappa shape index (κ1) is 23.3. The summed E-state index contributed by atoms with van der Waals surface area (Å²) in [7, 11) is 0. The average Bonchev–Trinajstić information content (AvgIpc) is 3.05. The topological polar surface area (TPSA) is 61.9 Å². The van der Waals surface area contributed by atoms with Crippen LogP contribution in [0.25, 0.3) is 5.57 Å². The van der Waals surface area contributed by atoms with Gasteiger partial charge in [-0.2, -0.15) is 0 Å². The van der Waals surface area contributed by atoms with E-state index in [9.17, 15) is 9.59 Å². The maximum absolute atomic E-state index is 13.3. The van der Waals surface area contributed by atoms with Gasteiger partial charge >= 0.3 is 0 Å². The van der Waals surface area contributed by atoms with Crippen LogP contribution in [0.2, 0.25) is 5.02 Å². The molecular formula is C26H30ClN3O3. The lowest BCUT2D eigenvalue weighted by atomic mass is 10.0. The minimum absolute atomic E-state index is 0.0255. The van der Waals surface area contributed by atoms with Crippen molar-refractivity contribution < 1.29 is 14.3 Å². The van der Waals surface area contributed by atoms with Gasteiger partial charge in [-0.05, 0) is 75.1 Å². The lowest BCUT2D eigenvalue weighted by molar-refractivity contribution is -0.137. The first-order chi connectivity index (χ1) is 15.9. The minimum Gasteiger partial charge on any atom is -0.377 e. The maximum atomic E-state index is 13.3. The highest BCUT2D eigenvalue weighted by Crippen LogP contribution is 2.31. The first-order valence-corrected chi connectivity index (χ1v) is 11.9. The van der Waals surface area contributed by atoms with Gasteiger partial charge in [-0.1, -0.05) is 23.7 Å². The van der Waals surface area contributed by atoms with Crippen molar-refractivity contribution in [2.45, 2.75) is 39.2 Å². The molecule has 7 heteroatoms. The zero-order chi connectivity index (χ0) is 23.4. The van der Waals surface area contributed by atoms with E-state index in [0.717, 1.165) is 18.8 Å². The van der Waals surface area contributed by atoms with Crippen molar-refractivity contribution in [3.8, 4) is 0 Å². The molecule has 4 rings (SSSR count). The number of rotatable bonds is 8. The second kappa shape index (κ2) is 10.4. The molecule has 0 unspecified atom stereocenters. The number of nitrogens with one attached hydrogen (secondary N) is 1. The van der Waals surface area contributed by atoms with Gasteiger partial charge in [-0.25, -0.2) is 0 Å². The van der Waals surface area contributed by atoms with Crippen LogP contribution in [-0.4, -0.2) is 49.1 Å². The molecule has 0 bridgehead atoms. The summed E-state index contributed by atoms with van der Waals surface area (Å²) >= 11 is 6.04. The van der Waals surface area contributed by atoms with Crippen molar-refractivity contribution in [2.75, 3.05) is 36.5 Å². The molecular weight excluding hydrogens is 438 g/mol. The van der Waals surface area contributed by atoms with Crippen LogP contribution >= 0.6 is 11.6 Å². The van der Waals surface area contributed by atoms with Gasteiger partial charge in [0.2, 0.25) is 0 Å². The van der Waals surface area contributed by atoms with E-state index < -0.39 is 0 Å². The summed E-state index contributed by atoms with van der Waals surface area (Å²) in [4.78, 5) is 30.1. The Labute approximate surface area is 200 Å². The lowest BCUT2D eigenvalue weighted by Gasteiger charge is -2.28. The molecule has 0 radical (unpaired) electrons. The van der Waals surface area contributed by atoms with E-state index in [0.29, 0.717) is 22.8 Å². The van der Waals surface area contributed by atoms with E-state index in [1.807, 2.05) is 26.0 Å². The van der Waals surface area contributed by atoms with E-state index in [1.165, 1.54) is 29.8 Å². The molecule has 0 aromatic heterocycles. The number of piperidine rings is 1. The van der Waals surface area contributed by atoms with Crippen LogP contribution in [0, 0.1) is 0 Å². The molecule has 1 saturated heterocycles.